The molecule has 2 aromatic carbocycles. The van der Waals surface area contributed by atoms with Gasteiger partial charge in [-0.05, 0) is 61.4 Å². The lowest BCUT2D eigenvalue weighted by Gasteiger charge is -2.13. The van der Waals surface area contributed by atoms with E-state index in [1.54, 1.807) is 37.3 Å². The highest BCUT2D eigenvalue weighted by molar-refractivity contribution is 7.90. The fourth-order valence-electron chi connectivity index (χ4n) is 3.42. The summed E-state index contributed by atoms with van der Waals surface area (Å²) in [5, 5.41) is 5.52. The molecule has 4 rings (SSSR count). The fourth-order valence-corrected chi connectivity index (χ4v) is 4.76. The average molecular weight is 483 g/mol. The van der Waals surface area contributed by atoms with Crippen LogP contribution in [0.25, 0.3) is 0 Å². The molecule has 8 nitrogen and oxygen atoms in total. The van der Waals surface area contributed by atoms with Crippen LogP contribution in [0.3, 0.4) is 0 Å². The van der Waals surface area contributed by atoms with Crippen molar-refractivity contribution in [3.63, 3.8) is 0 Å². The summed E-state index contributed by atoms with van der Waals surface area (Å²) in [6, 6.07) is 14.1. The quantitative estimate of drug-likeness (QED) is 0.498. The average Bonchev–Trinajstić information content (AvgIpc) is 3.08. The van der Waals surface area contributed by atoms with Gasteiger partial charge in [-0.2, -0.15) is 10.1 Å². The second-order valence-corrected chi connectivity index (χ2v) is 9.95. The molecule has 2 amide bonds. The molecular weight excluding hydrogens is 464 g/mol. The summed E-state index contributed by atoms with van der Waals surface area (Å²) in [7, 11) is -3.61. The Labute approximate surface area is 195 Å². The number of hydrogen-bond donors (Lipinski definition) is 0. The maximum absolute atomic E-state index is 12.9. The van der Waals surface area contributed by atoms with E-state index in [4.69, 9.17) is 11.6 Å². The highest BCUT2D eigenvalue weighted by Gasteiger charge is 2.37. The number of aromatic nitrogens is 2. The summed E-state index contributed by atoms with van der Waals surface area (Å²) in [6.45, 7) is 1.69. The van der Waals surface area contributed by atoms with E-state index in [9.17, 15) is 18.0 Å². The van der Waals surface area contributed by atoms with E-state index in [2.05, 4.69) is 15.1 Å². The zero-order valence-corrected chi connectivity index (χ0v) is 19.1. The lowest BCUT2D eigenvalue weighted by Crippen LogP contribution is -2.33. The maximum atomic E-state index is 12.9. The van der Waals surface area contributed by atoms with Gasteiger partial charge < -0.3 is 0 Å². The summed E-state index contributed by atoms with van der Waals surface area (Å²) < 4.78 is 25.3. The highest BCUT2D eigenvalue weighted by Crippen LogP contribution is 2.24. The molecule has 1 aliphatic rings. The normalized spacial score (nSPS) is 16.1. The van der Waals surface area contributed by atoms with Crippen molar-refractivity contribution < 1.29 is 18.0 Å². The summed E-state index contributed by atoms with van der Waals surface area (Å²) in [5.74, 6) is -1.65. The molecule has 3 aromatic rings. The van der Waals surface area contributed by atoms with E-state index in [1.165, 1.54) is 36.7 Å². The molecule has 1 aromatic heterocycles. The first kappa shape index (κ1) is 22.8. The molecular formula is C23H19ClN4O4S. The van der Waals surface area contributed by atoms with Gasteiger partial charge in [-0.1, -0.05) is 23.7 Å². The first-order valence-corrected chi connectivity index (χ1v) is 12.0. The van der Waals surface area contributed by atoms with Crippen LogP contribution in [0.15, 0.2) is 77.0 Å². The minimum atomic E-state index is -3.61. The third-order valence-corrected chi connectivity index (χ3v) is 7.09. The standard InChI is InChI=1S/C23H19ClN4O4S/c1-15-20(23(30)28(27-15)22(29)17-5-7-18(24)8-6-17)13-16-3-9-19(10-4-16)33(31,32)14-21-25-11-2-12-26-21/h2-12,20H,13-14H2,1H3. The number of rotatable bonds is 6. The molecule has 0 radical (unpaired) electrons. The molecule has 33 heavy (non-hydrogen) atoms. The number of amides is 2. The molecule has 0 aliphatic carbocycles. The number of halogens is 1. The molecule has 0 saturated heterocycles. The van der Waals surface area contributed by atoms with Crippen molar-refractivity contribution in [2.24, 2.45) is 11.0 Å². The molecule has 0 bridgehead atoms. The minimum Gasteiger partial charge on any atom is -0.272 e. The SMILES string of the molecule is CC1=NN(C(=O)c2ccc(Cl)cc2)C(=O)C1Cc1ccc(S(=O)(=O)Cc2ncccn2)cc1. The summed E-state index contributed by atoms with van der Waals surface area (Å²) in [4.78, 5) is 33.6. The predicted molar refractivity (Wildman–Crippen MR) is 122 cm³/mol. The summed E-state index contributed by atoms with van der Waals surface area (Å²) in [6.07, 6.45) is 3.27. The lowest BCUT2D eigenvalue weighted by atomic mass is 9.95. The monoisotopic (exact) mass is 482 g/mol. The van der Waals surface area contributed by atoms with Gasteiger partial charge in [0.15, 0.2) is 9.84 Å². The smallest absolute Gasteiger partial charge is 0.272 e. The van der Waals surface area contributed by atoms with E-state index >= 15 is 0 Å². The third kappa shape index (κ3) is 4.99. The Kier molecular flexibility index (Phi) is 6.35. The molecule has 1 unspecified atom stereocenters. The second-order valence-electron chi connectivity index (χ2n) is 7.53. The van der Waals surface area contributed by atoms with Crippen LogP contribution < -0.4 is 0 Å². The van der Waals surface area contributed by atoms with E-state index < -0.39 is 27.6 Å². The van der Waals surface area contributed by atoms with Crippen LogP contribution in [0.1, 0.15) is 28.7 Å². The first-order chi connectivity index (χ1) is 15.7. The van der Waals surface area contributed by atoms with Crippen LogP contribution in [0, 0.1) is 5.92 Å². The number of carbonyl (C=O) groups is 2. The number of hydrazone groups is 1. The Morgan fingerprint density at radius 1 is 1.03 bits per heavy atom. The number of imide groups is 1. The summed E-state index contributed by atoms with van der Waals surface area (Å²) >= 11 is 5.86. The molecule has 0 fully saturated rings. The van der Waals surface area contributed by atoms with Crippen LogP contribution >= 0.6 is 11.6 Å². The van der Waals surface area contributed by atoms with E-state index in [0.717, 1.165) is 10.6 Å². The van der Waals surface area contributed by atoms with Gasteiger partial charge >= 0.3 is 0 Å². The number of benzene rings is 2. The molecule has 1 atom stereocenters. The van der Waals surface area contributed by atoms with Crippen molar-refractivity contribution in [1.82, 2.24) is 15.0 Å². The van der Waals surface area contributed by atoms with Crippen molar-refractivity contribution in [2.45, 2.75) is 24.0 Å². The fraction of sp³-hybridized carbons (Fsp3) is 0.174. The van der Waals surface area contributed by atoms with Gasteiger partial charge in [-0.3, -0.25) is 9.59 Å². The lowest BCUT2D eigenvalue weighted by molar-refractivity contribution is -0.129. The molecule has 0 saturated carbocycles. The van der Waals surface area contributed by atoms with Gasteiger partial charge in [0.25, 0.3) is 11.8 Å². The molecule has 168 valence electrons. The van der Waals surface area contributed by atoms with Crippen molar-refractivity contribution in [1.29, 1.82) is 0 Å². The highest BCUT2D eigenvalue weighted by atomic mass is 35.5. The summed E-state index contributed by atoms with van der Waals surface area (Å²) in [5.41, 5.74) is 1.57. The van der Waals surface area contributed by atoms with Crippen molar-refractivity contribution in [3.05, 3.63) is 89.0 Å². The van der Waals surface area contributed by atoms with Gasteiger partial charge in [0.2, 0.25) is 0 Å². The third-order valence-electron chi connectivity index (χ3n) is 5.21. The second kappa shape index (κ2) is 9.21. The maximum Gasteiger partial charge on any atom is 0.281 e. The van der Waals surface area contributed by atoms with Crippen molar-refractivity contribution in [2.75, 3.05) is 0 Å². The van der Waals surface area contributed by atoms with E-state index in [1.807, 2.05) is 0 Å². The van der Waals surface area contributed by atoms with Crippen LogP contribution in [-0.4, -0.2) is 40.9 Å². The van der Waals surface area contributed by atoms with Gasteiger partial charge in [-0.25, -0.2) is 18.4 Å². The van der Waals surface area contributed by atoms with Gasteiger partial charge in [-0.15, -0.1) is 0 Å². The van der Waals surface area contributed by atoms with Crippen molar-refractivity contribution in [3.8, 4) is 0 Å². The Bertz CT molecular complexity index is 1330. The molecule has 0 N–H and O–H groups in total. The number of hydrogen-bond acceptors (Lipinski definition) is 7. The van der Waals surface area contributed by atoms with Crippen LogP contribution in [0.2, 0.25) is 5.02 Å². The largest absolute Gasteiger partial charge is 0.281 e. The molecule has 1 aliphatic heterocycles. The zero-order valence-electron chi connectivity index (χ0n) is 17.6. The van der Waals surface area contributed by atoms with E-state index in [0.29, 0.717) is 22.7 Å². The first-order valence-electron chi connectivity index (χ1n) is 10.0. The molecule has 10 heteroatoms. The minimum absolute atomic E-state index is 0.140. The van der Waals surface area contributed by atoms with Crippen LogP contribution in [0.5, 0.6) is 0 Å². The topological polar surface area (TPSA) is 110 Å². The van der Waals surface area contributed by atoms with Crippen molar-refractivity contribution >= 4 is 39.0 Å². The van der Waals surface area contributed by atoms with Gasteiger partial charge in [0.05, 0.1) is 10.8 Å². The van der Waals surface area contributed by atoms with E-state index in [-0.39, 0.29) is 16.5 Å². The Balaban J connectivity index is 1.46. The number of nitrogens with zero attached hydrogens (tertiary/aromatic N) is 4. The Morgan fingerprint density at radius 3 is 2.30 bits per heavy atom. The van der Waals surface area contributed by atoms with Gasteiger partial charge in [0.1, 0.15) is 11.6 Å². The number of sulfone groups is 1. The van der Waals surface area contributed by atoms with Crippen LogP contribution in [0.4, 0.5) is 0 Å². The Morgan fingerprint density at radius 2 is 1.67 bits per heavy atom. The zero-order chi connectivity index (χ0) is 23.6. The predicted octanol–water partition coefficient (Wildman–Crippen LogP) is 3.32. The Hall–Kier alpha value is -3.43. The number of carbonyl (C=O) groups excluding carboxylic acids is 2. The molecule has 2 heterocycles. The molecule has 0 spiro atoms. The van der Waals surface area contributed by atoms with Gasteiger partial charge in [0, 0.05) is 28.7 Å². The van der Waals surface area contributed by atoms with Crippen LogP contribution in [-0.2, 0) is 26.8 Å².